The van der Waals surface area contributed by atoms with Crippen LogP contribution >= 0.6 is 39.0 Å². The normalized spacial score (nSPS) is 11.8. The fourth-order valence-corrected chi connectivity index (χ4v) is 3.85. The molecule has 1 atom stereocenters. The van der Waals surface area contributed by atoms with Crippen molar-refractivity contribution < 1.29 is 14.3 Å². The largest absolute Gasteiger partial charge is 0.465 e. The van der Waals surface area contributed by atoms with Crippen LogP contribution in [-0.4, -0.2) is 33.9 Å². The second kappa shape index (κ2) is 8.42. The maximum Gasteiger partial charge on any atom is 0.319 e. The van der Waals surface area contributed by atoms with Crippen molar-refractivity contribution in [1.82, 2.24) is 10.2 Å². The van der Waals surface area contributed by atoms with Crippen LogP contribution in [0.25, 0.3) is 0 Å². The summed E-state index contributed by atoms with van der Waals surface area (Å²) in [6, 6.07) is 7.04. The van der Waals surface area contributed by atoms with Crippen molar-refractivity contribution in [2.75, 3.05) is 11.9 Å². The van der Waals surface area contributed by atoms with Gasteiger partial charge in [-0.2, -0.15) is 0 Å². The van der Waals surface area contributed by atoms with Crippen molar-refractivity contribution in [1.29, 1.82) is 0 Å². The topological polar surface area (TPSA) is 81.2 Å². The summed E-state index contributed by atoms with van der Waals surface area (Å²) in [6.07, 6.45) is 0. The number of aromatic nitrogens is 2. The van der Waals surface area contributed by atoms with Crippen molar-refractivity contribution in [2.24, 2.45) is 0 Å². The molecule has 0 radical (unpaired) electrons. The summed E-state index contributed by atoms with van der Waals surface area (Å²) in [5.41, 5.74) is 0.517. The van der Waals surface area contributed by atoms with Crippen molar-refractivity contribution in [2.45, 2.75) is 23.4 Å². The Labute approximate surface area is 150 Å². The lowest BCUT2D eigenvalue weighted by Gasteiger charge is -2.06. The highest BCUT2D eigenvalue weighted by Gasteiger charge is 2.18. The average Bonchev–Trinajstić information content (AvgIpc) is 2.94. The van der Waals surface area contributed by atoms with Crippen LogP contribution in [0.2, 0.25) is 0 Å². The van der Waals surface area contributed by atoms with E-state index in [4.69, 9.17) is 4.74 Å². The quantitative estimate of drug-likeness (QED) is 0.440. The molecule has 122 valence electrons. The number of ether oxygens (including phenoxy) is 1. The Hall–Kier alpha value is -1.45. The molecule has 0 bridgehead atoms. The van der Waals surface area contributed by atoms with Crippen LogP contribution in [0.4, 0.5) is 5.13 Å². The monoisotopic (exact) mass is 415 g/mol. The number of nitrogens with zero attached hydrogens (tertiary/aromatic N) is 2. The van der Waals surface area contributed by atoms with E-state index in [0.29, 0.717) is 21.6 Å². The van der Waals surface area contributed by atoms with Gasteiger partial charge in [-0.25, -0.2) is 0 Å². The molecule has 9 heteroatoms. The number of thioether (sulfide) groups is 1. The Bertz CT molecular complexity index is 708. The molecule has 1 aromatic heterocycles. The molecule has 1 amide bonds. The number of halogens is 1. The van der Waals surface area contributed by atoms with E-state index in [1.807, 2.05) is 6.07 Å². The molecule has 0 saturated carbocycles. The van der Waals surface area contributed by atoms with Crippen molar-refractivity contribution in [3.8, 4) is 0 Å². The third-order valence-electron chi connectivity index (χ3n) is 2.61. The molecule has 1 heterocycles. The highest BCUT2D eigenvalue weighted by molar-refractivity contribution is 9.10. The summed E-state index contributed by atoms with van der Waals surface area (Å²) in [7, 11) is 0. The minimum Gasteiger partial charge on any atom is -0.465 e. The Morgan fingerprint density at radius 3 is 2.91 bits per heavy atom. The Kier molecular flexibility index (Phi) is 6.55. The summed E-state index contributed by atoms with van der Waals surface area (Å²) in [4.78, 5) is 23.7. The van der Waals surface area contributed by atoms with Crippen LogP contribution < -0.4 is 5.32 Å². The van der Waals surface area contributed by atoms with Crippen LogP contribution in [0.3, 0.4) is 0 Å². The van der Waals surface area contributed by atoms with Crippen LogP contribution in [0.5, 0.6) is 0 Å². The summed E-state index contributed by atoms with van der Waals surface area (Å²) in [5.74, 6) is -0.565. The molecule has 0 aliphatic heterocycles. The fourth-order valence-electron chi connectivity index (χ4n) is 1.57. The second-order valence-electron chi connectivity index (χ2n) is 4.35. The van der Waals surface area contributed by atoms with Crippen LogP contribution in [0, 0.1) is 0 Å². The van der Waals surface area contributed by atoms with Gasteiger partial charge in [0.15, 0.2) is 4.34 Å². The third kappa shape index (κ3) is 5.29. The van der Waals surface area contributed by atoms with Gasteiger partial charge in [-0.1, -0.05) is 45.1 Å². The van der Waals surface area contributed by atoms with E-state index in [1.54, 1.807) is 32.0 Å². The summed E-state index contributed by atoms with van der Waals surface area (Å²) in [5, 5.41) is 10.6. The maximum atomic E-state index is 12.1. The zero-order valence-electron chi connectivity index (χ0n) is 12.4. The number of carbonyl (C=O) groups excluding carboxylic acids is 2. The molecular formula is C14H14BrN3O3S2. The molecule has 23 heavy (non-hydrogen) atoms. The second-order valence-corrected chi connectivity index (χ2v) is 7.83. The van der Waals surface area contributed by atoms with Gasteiger partial charge in [0.2, 0.25) is 5.13 Å². The maximum absolute atomic E-state index is 12.1. The number of amides is 1. The first-order chi connectivity index (χ1) is 11.0. The Morgan fingerprint density at radius 2 is 2.22 bits per heavy atom. The SMILES string of the molecule is CCOC(=O)[C@H](C)Sc1nnc(NC(=O)c2cccc(Br)c2)s1. The van der Waals surface area contributed by atoms with Gasteiger partial charge < -0.3 is 4.74 Å². The lowest BCUT2D eigenvalue weighted by atomic mass is 10.2. The smallest absolute Gasteiger partial charge is 0.319 e. The van der Waals surface area contributed by atoms with Gasteiger partial charge in [0.05, 0.1) is 6.61 Å². The zero-order chi connectivity index (χ0) is 16.8. The van der Waals surface area contributed by atoms with Crippen LogP contribution in [-0.2, 0) is 9.53 Å². The van der Waals surface area contributed by atoms with E-state index < -0.39 is 0 Å². The highest BCUT2D eigenvalue weighted by atomic mass is 79.9. The molecule has 0 fully saturated rings. The number of carbonyl (C=O) groups is 2. The minimum atomic E-state index is -0.378. The molecule has 0 spiro atoms. The lowest BCUT2D eigenvalue weighted by Crippen LogP contribution is -2.16. The zero-order valence-corrected chi connectivity index (χ0v) is 15.6. The van der Waals surface area contributed by atoms with Gasteiger partial charge in [0, 0.05) is 10.0 Å². The predicted molar refractivity (Wildman–Crippen MR) is 94.0 cm³/mol. The van der Waals surface area contributed by atoms with E-state index in [2.05, 4.69) is 31.4 Å². The summed E-state index contributed by atoms with van der Waals surface area (Å²) in [6.45, 7) is 3.84. The van der Waals surface area contributed by atoms with Gasteiger partial charge in [-0.15, -0.1) is 10.2 Å². The number of rotatable bonds is 6. The first-order valence-electron chi connectivity index (χ1n) is 6.73. The Morgan fingerprint density at radius 1 is 1.43 bits per heavy atom. The lowest BCUT2D eigenvalue weighted by molar-refractivity contribution is -0.142. The van der Waals surface area contributed by atoms with Crippen molar-refractivity contribution >= 4 is 56.0 Å². The van der Waals surface area contributed by atoms with Gasteiger partial charge in [-0.05, 0) is 32.0 Å². The van der Waals surface area contributed by atoms with Gasteiger partial charge in [0.25, 0.3) is 5.91 Å². The van der Waals surface area contributed by atoms with Crippen LogP contribution in [0.1, 0.15) is 24.2 Å². The molecule has 0 saturated heterocycles. The first kappa shape index (κ1) is 17.9. The van der Waals surface area contributed by atoms with Gasteiger partial charge in [0.1, 0.15) is 5.25 Å². The first-order valence-corrected chi connectivity index (χ1v) is 9.22. The average molecular weight is 416 g/mol. The van der Waals surface area contributed by atoms with Crippen LogP contribution in [0.15, 0.2) is 33.1 Å². The van der Waals surface area contributed by atoms with Gasteiger partial charge >= 0.3 is 5.97 Å². The van der Waals surface area contributed by atoms with E-state index >= 15 is 0 Å². The molecule has 0 aliphatic rings. The summed E-state index contributed by atoms with van der Waals surface area (Å²) >= 11 is 5.78. The molecule has 0 aliphatic carbocycles. The molecule has 0 unspecified atom stereocenters. The molecule has 2 rings (SSSR count). The van der Waals surface area contributed by atoms with Gasteiger partial charge in [-0.3, -0.25) is 14.9 Å². The molecular weight excluding hydrogens is 402 g/mol. The predicted octanol–water partition coefficient (Wildman–Crippen LogP) is 3.60. The molecule has 1 N–H and O–H groups in total. The highest BCUT2D eigenvalue weighted by Crippen LogP contribution is 2.29. The third-order valence-corrected chi connectivity index (χ3v) is 5.10. The summed E-state index contributed by atoms with van der Waals surface area (Å²) < 4.78 is 6.35. The van der Waals surface area contributed by atoms with Crippen molar-refractivity contribution in [3.63, 3.8) is 0 Å². The number of hydrogen-bond acceptors (Lipinski definition) is 7. The number of hydrogen-bond donors (Lipinski definition) is 1. The Balaban J connectivity index is 1.97. The number of anilines is 1. The molecule has 2 aromatic rings. The number of benzene rings is 1. The van der Waals surface area contributed by atoms with E-state index in [-0.39, 0.29) is 17.1 Å². The van der Waals surface area contributed by atoms with E-state index in [1.165, 1.54) is 23.1 Å². The number of esters is 1. The molecule has 6 nitrogen and oxygen atoms in total. The van der Waals surface area contributed by atoms with Crippen molar-refractivity contribution in [3.05, 3.63) is 34.3 Å². The van der Waals surface area contributed by atoms with E-state index in [9.17, 15) is 9.59 Å². The fraction of sp³-hybridized carbons (Fsp3) is 0.286. The minimum absolute atomic E-state index is 0.266. The van der Waals surface area contributed by atoms with E-state index in [0.717, 1.165) is 4.47 Å². The standard InChI is InChI=1S/C14H14BrN3O3S2/c1-3-21-12(20)8(2)22-14-18-17-13(23-14)16-11(19)9-5-4-6-10(15)7-9/h4-8H,3H2,1-2H3,(H,16,17,19)/t8-/m0/s1. The molecule has 1 aromatic carbocycles. The number of nitrogens with one attached hydrogen (secondary N) is 1.